The standard InChI is InChI=1S/C12H14N2/c1-13(2)11-6-5-7-12(10-11)14-8-3-4-9-14/h3-10H,1-2H3. The quantitative estimate of drug-likeness (QED) is 0.699. The Morgan fingerprint density at radius 2 is 1.71 bits per heavy atom. The first kappa shape index (κ1) is 8.88. The zero-order valence-electron chi connectivity index (χ0n) is 8.51. The molecule has 0 aliphatic heterocycles. The molecule has 0 saturated carbocycles. The van der Waals surface area contributed by atoms with Crippen molar-refractivity contribution in [2.24, 2.45) is 0 Å². The van der Waals surface area contributed by atoms with Crippen LogP contribution in [-0.4, -0.2) is 18.7 Å². The molecule has 0 atom stereocenters. The molecule has 0 radical (unpaired) electrons. The summed E-state index contributed by atoms with van der Waals surface area (Å²) in [5, 5.41) is 0. The highest BCUT2D eigenvalue weighted by molar-refractivity contribution is 5.52. The van der Waals surface area contributed by atoms with Gasteiger partial charge in [0.15, 0.2) is 0 Å². The van der Waals surface area contributed by atoms with Crippen LogP contribution in [0.1, 0.15) is 0 Å². The SMILES string of the molecule is CN(C)c1cccc(-n2cccc2)c1. The molecule has 0 unspecified atom stereocenters. The topological polar surface area (TPSA) is 8.17 Å². The van der Waals surface area contributed by atoms with Gasteiger partial charge < -0.3 is 9.47 Å². The largest absolute Gasteiger partial charge is 0.378 e. The Morgan fingerprint density at radius 1 is 1.00 bits per heavy atom. The van der Waals surface area contributed by atoms with Gasteiger partial charge in [0.05, 0.1) is 0 Å². The Labute approximate surface area is 84.4 Å². The maximum absolute atomic E-state index is 2.17. The molecule has 2 aromatic rings. The molecule has 1 heterocycles. The van der Waals surface area contributed by atoms with Crippen LogP contribution >= 0.6 is 0 Å². The van der Waals surface area contributed by atoms with E-state index in [2.05, 4.69) is 60.2 Å². The summed E-state index contributed by atoms with van der Waals surface area (Å²) in [7, 11) is 4.10. The lowest BCUT2D eigenvalue weighted by Crippen LogP contribution is -2.08. The molecule has 2 nitrogen and oxygen atoms in total. The average molecular weight is 186 g/mol. The van der Waals surface area contributed by atoms with Gasteiger partial charge in [0.1, 0.15) is 0 Å². The molecule has 0 N–H and O–H groups in total. The van der Waals surface area contributed by atoms with Gasteiger partial charge in [0, 0.05) is 37.9 Å². The number of anilines is 1. The number of rotatable bonds is 2. The van der Waals surface area contributed by atoms with Gasteiger partial charge in [-0.25, -0.2) is 0 Å². The van der Waals surface area contributed by atoms with E-state index in [1.54, 1.807) is 0 Å². The second-order valence-electron chi connectivity index (χ2n) is 3.50. The van der Waals surface area contributed by atoms with Crippen molar-refractivity contribution >= 4 is 5.69 Å². The molecule has 0 aliphatic rings. The monoisotopic (exact) mass is 186 g/mol. The van der Waals surface area contributed by atoms with Crippen LogP contribution < -0.4 is 4.90 Å². The summed E-state index contributed by atoms with van der Waals surface area (Å²) in [4.78, 5) is 2.10. The van der Waals surface area contributed by atoms with Crippen molar-refractivity contribution in [1.82, 2.24) is 4.57 Å². The van der Waals surface area contributed by atoms with Gasteiger partial charge in [0.2, 0.25) is 0 Å². The lowest BCUT2D eigenvalue weighted by atomic mass is 10.2. The van der Waals surface area contributed by atoms with E-state index < -0.39 is 0 Å². The Bertz CT molecular complexity index is 402. The molecule has 72 valence electrons. The molecule has 0 spiro atoms. The normalized spacial score (nSPS) is 10.1. The van der Waals surface area contributed by atoms with Gasteiger partial charge in [-0.2, -0.15) is 0 Å². The van der Waals surface area contributed by atoms with Gasteiger partial charge in [-0.05, 0) is 30.3 Å². The molecule has 0 amide bonds. The van der Waals surface area contributed by atoms with E-state index >= 15 is 0 Å². The minimum atomic E-state index is 1.20. The second kappa shape index (κ2) is 3.58. The third-order valence-electron chi connectivity index (χ3n) is 2.25. The van der Waals surface area contributed by atoms with Gasteiger partial charge in [-0.3, -0.25) is 0 Å². The van der Waals surface area contributed by atoms with Crippen LogP contribution in [0.5, 0.6) is 0 Å². The summed E-state index contributed by atoms with van der Waals surface area (Å²) < 4.78 is 2.10. The van der Waals surface area contributed by atoms with Crippen molar-refractivity contribution in [2.75, 3.05) is 19.0 Å². The minimum Gasteiger partial charge on any atom is -0.378 e. The summed E-state index contributed by atoms with van der Waals surface area (Å²) >= 11 is 0. The highest BCUT2D eigenvalue weighted by Crippen LogP contribution is 2.16. The number of hydrogen-bond acceptors (Lipinski definition) is 1. The molecule has 2 rings (SSSR count). The fraction of sp³-hybridized carbons (Fsp3) is 0.167. The Kier molecular flexibility index (Phi) is 2.27. The number of aromatic nitrogens is 1. The first-order valence-electron chi connectivity index (χ1n) is 4.68. The summed E-state index contributed by atoms with van der Waals surface area (Å²) in [5.74, 6) is 0. The van der Waals surface area contributed by atoms with Gasteiger partial charge in [-0.15, -0.1) is 0 Å². The lowest BCUT2D eigenvalue weighted by Gasteiger charge is -2.13. The third-order valence-corrected chi connectivity index (χ3v) is 2.25. The van der Waals surface area contributed by atoms with Crippen LogP contribution in [0.4, 0.5) is 5.69 Å². The molecule has 0 fully saturated rings. The fourth-order valence-electron chi connectivity index (χ4n) is 1.44. The van der Waals surface area contributed by atoms with Gasteiger partial charge in [0.25, 0.3) is 0 Å². The van der Waals surface area contributed by atoms with Crippen LogP contribution in [0.2, 0.25) is 0 Å². The minimum absolute atomic E-state index is 1.20. The second-order valence-corrected chi connectivity index (χ2v) is 3.50. The van der Waals surface area contributed by atoms with Gasteiger partial charge >= 0.3 is 0 Å². The number of nitrogens with zero attached hydrogens (tertiary/aromatic N) is 2. The van der Waals surface area contributed by atoms with E-state index in [0.29, 0.717) is 0 Å². The zero-order chi connectivity index (χ0) is 9.97. The summed E-state index contributed by atoms with van der Waals surface area (Å²) in [6.45, 7) is 0. The first-order valence-corrected chi connectivity index (χ1v) is 4.68. The van der Waals surface area contributed by atoms with Crippen LogP contribution in [0, 0.1) is 0 Å². The fourth-order valence-corrected chi connectivity index (χ4v) is 1.44. The van der Waals surface area contributed by atoms with E-state index in [-0.39, 0.29) is 0 Å². The Hall–Kier alpha value is -1.70. The number of benzene rings is 1. The molecular formula is C12H14N2. The van der Waals surface area contributed by atoms with Crippen molar-refractivity contribution < 1.29 is 0 Å². The number of hydrogen-bond donors (Lipinski definition) is 0. The van der Waals surface area contributed by atoms with Crippen LogP contribution in [-0.2, 0) is 0 Å². The molecular weight excluding hydrogens is 172 g/mol. The molecule has 1 aromatic heterocycles. The van der Waals surface area contributed by atoms with Crippen molar-refractivity contribution in [2.45, 2.75) is 0 Å². The van der Waals surface area contributed by atoms with E-state index in [1.807, 2.05) is 12.1 Å². The molecule has 1 aromatic carbocycles. The van der Waals surface area contributed by atoms with Crippen molar-refractivity contribution in [1.29, 1.82) is 0 Å². The molecule has 2 heteroatoms. The summed E-state index contributed by atoms with van der Waals surface area (Å²) in [6.07, 6.45) is 4.10. The van der Waals surface area contributed by atoms with E-state index in [1.165, 1.54) is 11.4 Å². The third kappa shape index (κ3) is 1.64. The van der Waals surface area contributed by atoms with Crippen molar-refractivity contribution in [3.05, 3.63) is 48.8 Å². The highest BCUT2D eigenvalue weighted by atomic mass is 15.1. The van der Waals surface area contributed by atoms with E-state index in [0.717, 1.165) is 0 Å². The van der Waals surface area contributed by atoms with Crippen LogP contribution in [0.25, 0.3) is 5.69 Å². The first-order chi connectivity index (χ1) is 6.77. The molecule has 14 heavy (non-hydrogen) atoms. The van der Waals surface area contributed by atoms with E-state index in [4.69, 9.17) is 0 Å². The lowest BCUT2D eigenvalue weighted by molar-refractivity contribution is 1.06. The Balaban J connectivity index is 2.41. The average Bonchev–Trinajstić information content (AvgIpc) is 2.71. The molecule has 0 aliphatic carbocycles. The molecule has 0 bridgehead atoms. The Morgan fingerprint density at radius 3 is 2.36 bits per heavy atom. The van der Waals surface area contributed by atoms with Crippen LogP contribution in [0.15, 0.2) is 48.8 Å². The van der Waals surface area contributed by atoms with Crippen molar-refractivity contribution in [3.8, 4) is 5.69 Å². The zero-order valence-corrected chi connectivity index (χ0v) is 8.51. The van der Waals surface area contributed by atoms with E-state index in [9.17, 15) is 0 Å². The van der Waals surface area contributed by atoms with Gasteiger partial charge in [-0.1, -0.05) is 6.07 Å². The molecule has 0 saturated heterocycles. The predicted molar refractivity (Wildman–Crippen MR) is 60.1 cm³/mol. The highest BCUT2D eigenvalue weighted by Gasteiger charge is 1.97. The predicted octanol–water partition coefficient (Wildman–Crippen LogP) is 2.54. The smallest absolute Gasteiger partial charge is 0.0469 e. The summed E-state index contributed by atoms with van der Waals surface area (Å²) in [5.41, 5.74) is 2.41. The summed E-state index contributed by atoms with van der Waals surface area (Å²) in [6, 6.07) is 12.5. The maximum atomic E-state index is 2.17. The maximum Gasteiger partial charge on any atom is 0.0469 e. The van der Waals surface area contributed by atoms with Crippen molar-refractivity contribution in [3.63, 3.8) is 0 Å². The van der Waals surface area contributed by atoms with Crippen LogP contribution in [0.3, 0.4) is 0 Å².